The first-order chi connectivity index (χ1) is 5.18. The molecule has 0 bridgehead atoms. The van der Waals surface area contributed by atoms with Gasteiger partial charge in [-0.15, -0.1) is 0 Å². The minimum absolute atomic E-state index is 0.0152. The number of hydrogen-bond acceptors (Lipinski definition) is 1. The summed E-state index contributed by atoms with van der Waals surface area (Å²) in [5.41, 5.74) is 0. The molecule has 0 unspecified atom stereocenters. The number of halogens is 3. The Morgan fingerprint density at radius 3 is 2.27 bits per heavy atom. The molecule has 0 aromatic rings. The van der Waals surface area contributed by atoms with Gasteiger partial charge in [-0.1, -0.05) is 6.92 Å². The molecule has 0 saturated heterocycles. The lowest BCUT2D eigenvalue weighted by molar-refractivity contribution is 0.135. The second-order valence-electron chi connectivity index (χ2n) is 1.88. The van der Waals surface area contributed by atoms with Crippen molar-refractivity contribution in [2.45, 2.75) is 12.8 Å². The van der Waals surface area contributed by atoms with E-state index in [1.807, 2.05) is 0 Å². The van der Waals surface area contributed by atoms with E-state index in [1.165, 1.54) is 0 Å². The van der Waals surface area contributed by atoms with Crippen molar-refractivity contribution in [2.24, 2.45) is 0 Å². The highest BCUT2D eigenvalue weighted by atomic mass is 19.3. The highest BCUT2D eigenvalue weighted by Gasteiger charge is 2.03. The van der Waals surface area contributed by atoms with Crippen LogP contribution in [0.15, 0.2) is 11.9 Å². The zero-order chi connectivity index (χ0) is 8.69. The molecule has 0 atom stereocenters. The van der Waals surface area contributed by atoms with Gasteiger partial charge in [0, 0.05) is 13.0 Å². The first-order valence-corrected chi connectivity index (χ1v) is 3.25. The molecule has 0 aromatic heterocycles. The zero-order valence-electron chi connectivity index (χ0n) is 6.08. The first-order valence-electron chi connectivity index (χ1n) is 3.25. The van der Waals surface area contributed by atoms with Crippen LogP contribution in [0.3, 0.4) is 0 Å². The summed E-state index contributed by atoms with van der Waals surface area (Å²) in [6.45, 7) is 3.82. The lowest BCUT2D eigenvalue weighted by Gasteiger charge is -1.98. The molecule has 4 heteroatoms. The SMILES string of the molecule is [CH2]CCOCCC(F)=C(F)F. The Bertz CT molecular complexity index is 130. The van der Waals surface area contributed by atoms with Crippen LogP contribution in [0.25, 0.3) is 0 Å². The van der Waals surface area contributed by atoms with Crippen molar-refractivity contribution >= 4 is 0 Å². The topological polar surface area (TPSA) is 9.23 Å². The molecule has 11 heavy (non-hydrogen) atoms. The summed E-state index contributed by atoms with van der Waals surface area (Å²) in [6.07, 6.45) is -2.06. The molecule has 0 aliphatic carbocycles. The maximum Gasteiger partial charge on any atom is 0.301 e. The average Bonchev–Trinajstić information content (AvgIpc) is 1.97. The fourth-order valence-electron chi connectivity index (χ4n) is 0.460. The van der Waals surface area contributed by atoms with E-state index in [1.54, 1.807) is 0 Å². The van der Waals surface area contributed by atoms with Crippen LogP contribution >= 0.6 is 0 Å². The third-order valence-electron chi connectivity index (χ3n) is 0.960. The molecule has 0 heterocycles. The van der Waals surface area contributed by atoms with Crippen LogP contribution in [-0.2, 0) is 4.74 Å². The summed E-state index contributed by atoms with van der Waals surface area (Å²) >= 11 is 0. The number of hydrogen-bond donors (Lipinski definition) is 0. The largest absolute Gasteiger partial charge is 0.381 e. The minimum Gasteiger partial charge on any atom is -0.381 e. The second-order valence-corrected chi connectivity index (χ2v) is 1.88. The second kappa shape index (κ2) is 6.22. The Morgan fingerprint density at radius 1 is 1.18 bits per heavy atom. The van der Waals surface area contributed by atoms with E-state index in [2.05, 4.69) is 6.92 Å². The Hall–Kier alpha value is -0.510. The van der Waals surface area contributed by atoms with Gasteiger partial charge < -0.3 is 4.74 Å². The lowest BCUT2D eigenvalue weighted by Crippen LogP contribution is -1.95. The highest BCUT2D eigenvalue weighted by molar-refractivity contribution is 4.90. The Kier molecular flexibility index (Phi) is 5.93. The smallest absolute Gasteiger partial charge is 0.301 e. The molecule has 0 fully saturated rings. The van der Waals surface area contributed by atoms with Gasteiger partial charge in [0.2, 0.25) is 0 Å². The van der Waals surface area contributed by atoms with Crippen molar-refractivity contribution in [3.63, 3.8) is 0 Å². The quantitative estimate of drug-likeness (QED) is 0.572. The highest BCUT2D eigenvalue weighted by Crippen LogP contribution is 2.12. The molecule has 0 aliphatic rings. The molecule has 0 aromatic carbocycles. The van der Waals surface area contributed by atoms with Gasteiger partial charge in [0.05, 0.1) is 6.61 Å². The minimum atomic E-state index is -2.26. The van der Waals surface area contributed by atoms with Crippen LogP contribution < -0.4 is 0 Å². The van der Waals surface area contributed by atoms with Crippen molar-refractivity contribution < 1.29 is 17.9 Å². The third kappa shape index (κ3) is 5.91. The summed E-state index contributed by atoms with van der Waals surface area (Å²) in [6, 6.07) is 0. The third-order valence-corrected chi connectivity index (χ3v) is 0.960. The molecule has 1 nitrogen and oxygen atoms in total. The fraction of sp³-hybridized carbons (Fsp3) is 0.571. The molecule has 0 saturated carbocycles. The van der Waals surface area contributed by atoms with Crippen molar-refractivity contribution in [2.75, 3.05) is 13.2 Å². The summed E-state index contributed by atoms with van der Waals surface area (Å²) in [5.74, 6) is -1.39. The van der Waals surface area contributed by atoms with Gasteiger partial charge >= 0.3 is 6.08 Å². The Balaban J connectivity index is 3.32. The van der Waals surface area contributed by atoms with Crippen LogP contribution in [0.4, 0.5) is 13.2 Å². The number of ether oxygens (including phenoxy) is 1. The first kappa shape index (κ1) is 10.5. The van der Waals surface area contributed by atoms with E-state index in [0.29, 0.717) is 13.0 Å². The van der Waals surface area contributed by atoms with Gasteiger partial charge in [-0.2, -0.15) is 8.78 Å². The van der Waals surface area contributed by atoms with Gasteiger partial charge in [-0.05, 0) is 6.42 Å². The van der Waals surface area contributed by atoms with Crippen LogP contribution in [0.2, 0.25) is 0 Å². The van der Waals surface area contributed by atoms with Gasteiger partial charge in [0.15, 0.2) is 5.83 Å². The monoisotopic (exact) mass is 167 g/mol. The molecular formula is C7H10F3O. The summed E-state index contributed by atoms with van der Waals surface area (Å²) in [5, 5.41) is 0. The van der Waals surface area contributed by atoms with Crippen molar-refractivity contribution in [3.05, 3.63) is 18.8 Å². The maximum atomic E-state index is 12.0. The van der Waals surface area contributed by atoms with Crippen LogP contribution in [-0.4, -0.2) is 13.2 Å². The molecule has 0 rings (SSSR count). The predicted molar refractivity (Wildman–Crippen MR) is 35.8 cm³/mol. The summed E-state index contributed by atoms with van der Waals surface area (Å²) in [7, 11) is 0. The van der Waals surface area contributed by atoms with Gasteiger partial charge in [-0.25, -0.2) is 4.39 Å². The molecule has 1 radical (unpaired) electrons. The van der Waals surface area contributed by atoms with E-state index in [9.17, 15) is 13.2 Å². The van der Waals surface area contributed by atoms with Gasteiger partial charge in [-0.3, -0.25) is 0 Å². The molecule has 0 amide bonds. The molecule has 0 spiro atoms. The fourth-order valence-corrected chi connectivity index (χ4v) is 0.460. The average molecular weight is 167 g/mol. The van der Waals surface area contributed by atoms with Crippen molar-refractivity contribution in [3.8, 4) is 0 Å². The van der Waals surface area contributed by atoms with E-state index in [-0.39, 0.29) is 13.0 Å². The normalized spacial score (nSPS) is 9.82. The predicted octanol–water partition coefficient (Wildman–Crippen LogP) is 2.69. The van der Waals surface area contributed by atoms with Gasteiger partial charge in [0.25, 0.3) is 0 Å². The van der Waals surface area contributed by atoms with Crippen LogP contribution in [0.5, 0.6) is 0 Å². The zero-order valence-corrected chi connectivity index (χ0v) is 6.08. The lowest BCUT2D eigenvalue weighted by atomic mass is 10.4. The molecule has 0 N–H and O–H groups in total. The molecule has 65 valence electrons. The summed E-state index contributed by atoms with van der Waals surface area (Å²) < 4.78 is 39.5. The van der Waals surface area contributed by atoms with Gasteiger partial charge in [0.1, 0.15) is 0 Å². The van der Waals surface area contributed by atoms with Crippen molar-refractivity contribution in [1.82, 2.24) is 0 Å². The van der Waals surface area contributed by atoms with Crippen molar-refractivity contribution in [1.29, 1.82) is 0 Å². The Labute approximate surface area is 63.8 Å². The summed E-state index contributed by atoms with van der Waals surface area (Å²) in [4.78, 5) is 0. The molecular weight excluding hydrogens is 157 g/mol. The van der Waals surface area contributed by atoms with E-state index < -0.39 is 11.9 Å². The van der Waals surface area contributed by atoms with Crippen LogP contribution in [0.1, 0.15) is 12.8 Å². The molecule has 0 aliphatic heterocycles. The van der Waals surface area contributed by atoms with E-state index in [0.717, 1.165) is 0 Å². The van der Waals surface area contributed by atoms with Crippen LogP contribution in [0, 0.1) is 6.92 Å². The van der Waals surface area contributed by atoms with E-state index in [4.69, 9.17) is 4.74 Å². The Morgan fingerprint density at radius 2 is 1.82 bits per heavy atom. The standard InChI is InChI=1S/C7H10F3O/c1-2-4-11-5-3-6(8)7(9)10/h1-5H2. The maximum absolute atomic E-state index is 12.0. The number of rotatable bonds is 5. The van der Waals surface area contributed by atoms with E-state index >= 15 is 0 Å².